The summed E-state index contributed by atoms with van der Waals surface area (Å²) in [6, 6.07) is 5.40. The van der Waals surface area contributed by atoms with Crippen molar-refractivity contribution in [1.29, 1.82) is 0 Å². The maximum atomic E-state index is 10.9. The number of halogens is 1. The smallest absolute Gasteiger partial charge is 0.151 e. The van der Waals surface area contributed by atoms with Crippen molar-refractivity contribution < 1.29 is 14.3 Å². The molecule has 104 valence electrons. The van der Waals surface area contributed by atoms with Crippen LogP contribution in [0.4, 0.5) is 0 Å². The Morgan fingerprint density at radius 1 is 1.58 bits per heavy atom. The number of ether oxygens (including phenoxy) is 2. The fourth-order valence-electron chi connectivity index (χ4n) is 2.06. The Bertz CT molecular complexity index is 439. The van der Waals surface area contributed by atoms with Crippen LogP contribution in [0.5, 0.6) is 5.75 Å². The van der Waals surface area contributed by atoms with Crippen LogP contribution < -0.4 is 4.74 Å². The van der Waals surface area contributed by atoms with Gasteiger partial charge >= 0.3 is 0 Å². The topological polar surface area (TPSA) is 38.8 Å². The van der Waals surface area contributed by atoms with E-state index < -0.39 is 0 Å². The molecule has 1 unspecified atom stereocenters. The molecule has 0 saturated carbocycles. The molecule has 4 nitrogen and oxygen atoms in total. The van der Waals surface area contributed by atoms with Gasteiger partial charge in [-0.25, -0.2) is 0 Å². The van der Waals surface area contributed by atoms with Gasteiger partial charge in [-0.15, -0.1) is 0 Å². The largest absolute Gasteiger partial charge is 0.491 e. The first kappa shape index (κ1) is 14.5. The van der Waals surface area contributed by atoms with E-state index in [2.05, 4.69) is 27.8 Å². The maximum absolute atomic E-state index is 10.9. The van der Waals surface area contributed by atoms with Crippen molar-refractivity contribution in [3.63, 3.8) is 0 Å². The number of rotatable bonds is 5. The summed E-state index contributed by atoms with van der Waals surface area (Å²) in [6.07, 6.45) is 0.907. The van der Waals surface area contributed by atoms with Gasteiger partial charge in [0.1, 0.15) is 18.5 Å². The Balaban J connectivity index is 1.89. The van der Waals surface area contributed by atoms with Gasteiger partial charge in [-0.1, -0.05) is 22.9 Å². The summed E-state index contributed by atoms with van der Waals surface area (Å²) in [7, 11) is 0. The minimum Gasteiger partial charge on any atom is -0.491 e. The fraction of sp³-hybridized carbons (Fsp3) is 0.500. The van der Waals surface area contributed by atoms with E-state index in [0.29, 0.717) is 17.9 Å². The third-order valence-corrected chi connectivity index (χ3v) is 3.92. The van der Waals surface area contributed by atoms with Crippen LogP contribution >= 0.6 is 15.9 Å². The second-order valence-corrected chi connectivity index (χ2v) is 5.35. The maximum Gasteiger partial charge on any atom is 0.151 e. The van der Waals surface area contributed by atoms with Gasteiger partial charge in [0.15, 0.2) is 6.29 Å². The first-order valence-electron chi connectivity index (χ1n) is 6.44. The normalized spacial score (nSPS) is 20.2. The number of morpholine rings is 1. The van der Waals surface area contributed by atoms with Gasteiger partial charge in [0.25, 0.3) is 0 Å². The predicted octanol–water partition coefficient (Wildman–Crippen LogP) is 2.36. The van der Waals surface area contributed by atoms with Crippen LogP contribution in [0.3, 0.4) is 0 Å². The highest BCUT2D eigenvalue weighted by molar-refractivity contribution is 9.10. The predicted molar refractivity (Wildman–Crippen MR) is 76.9 cm³/mol. The standard InChI is InChI=1S/C14H18BrNO3/c1-2-16-5-6-18-13(8-16)10-19-12-3-4-14(15)11(7-12)9-17/h3-4,7,9,13H,2,5-6,8,10H2,1H3. The lowest BCUT2D eigenvalue weighted by atomic mass is 10.2. The molecule has 1 aromatic rings. The van der Waals surface area contributed by atoms with Crippen molar-refractivity contribution in [3.8, 4) is 5.75 Å². The third-order valence-electron chi connectivity index (χ3n) is 3.20. The Labute approximate surface area is 121 Å². The number of likely N-dealkylation sites (N-methyl/N-ethyl adjacent to an activating group) is 1. The Morgan fingerprint density at radius 2 is 2.42 bits per heavy atom. The molecule has 1 aliphatic heterocycles. The molecule has 1 aliphatic rings. The quantitative estimate of drug-likeness (QED) is 0.778. The summed E-state index contributed by atoms with van der Waals surface area (Å²) in [5, 5.41) is 0. The van der Waals surface area contributed by atoms with Gasteiger partial charge in [-0.2, -0.15) is 0 Å². The van der Waals surface area contributed by atoms with Crippen molar-refractivity contribution in [2.75, 3.05) is 32.8 Å². The Kier molecular flexibility index (Phi) is 5.36. The molecule has 0 N–H and O–H groups in total. The molecule has 1 heterocycles. The highest BCUT2D eigenvalue weighted by atomic mass is 79.9. The second-order valence-electron chi connectivity index (χ2n) is 4.50. The second kappa shape index (κ2) is 7.03. The molecular formula is C14H18BrNO3. The molecular weight excluding hydrogens is 310 g/mol. The third kappa shape index (κ3) is 4.03. The molecule has 5 heteroatoms. The molecule has 0 radical (unpaired) electrons. The first-order chi connectivity index (χ1) is 9.22. The number of carbonyl (C=O) groups is 1. The number of aldehydes is 1. The van der Waals surface area contributed by atoms with E-state index in [1.165, 1.54) is 0 Å². The molecule has 1 saturated heterocycles. The molecule has 1 atom stereocenters. The zero-order valence-corrected chi connectivity index (χ0v) is 12.6. The van der Waals surface area contributed by atoms with Gasteiger partial charge in [-0.05, 0) is 24.7 Å². The van der Waals surface area contributed by atoms with Crippen molar-refractivity contribution in [3.05, 3.63) is 28.2 Å². The number of benzene rings is 1. The molecule has 19 heavy (non-hydrogen) atoms. The highest BCUT2D eigenvalue weighted by Gasteiger charge is 2.19. The first-order valence-corrected chi connectivity index (χ1v) is 7.23. The lowest BCUT2D eigenvalue weighted by molar-refractivity contribution is -0.0464. The molecule has 1 aromatic carbocycles. The summed E-state index contributed by atoms with van der Waals surface area (Å²) in [4.78, 5) is 13.2. The van der Waals surface area contributed by atoms with Crippen LogP contribution in [-0.4, -0.2) is 50.1 Å². The van der Waals surface area contributed by atoms with Crippen molar-refractivity contribution >= 4 is 22.2 Å². The number of carbonyl (C=O) groups excluding carboxylic acids is 1. The van der Waals surface area contributed by atoms with Crippen LogP contribution in [0.15, 0.2) is 22.7 Å². The van der Waals surface area contributed by atoms with E-state index in [4.69, 9.17) is 9.47 Å². The average molecular weight is 328 g/mol. The summed E-state index contributed by atoms with van der Waals surface area (Å²) in [6.45, 7) is 6.33. The highest BCUT2D eigenvalue weighted by Crippen LogP contribution is 2.21. The van der Waals surface area contributed by atoms with Gasteiger partial charge in [0, 0.05) is 23.1 Å². The molecule has 0 bridgehead atoms. The monoisotopic (exact) mass is 327 g/mol. The number of hydrogen-bond acceptors (Lipinski definition) is 4. The Morgan fingerprint density at radius 3 is 3.16 bits per heavy atom. The van der Waals surface area contributed by atoms with E-state index in [1.54, 1.807) is 6.07 Å². The molecule has 2 rings (SSSR count). The van der Waals surface area contributed by atoms with Crippen LogP contribution in [0.2, 0.25) is 0 Å². The van der Waals surface area contributed by atoms with E-state index in [1.807, 2.05) is 12.1 Å². The van der Waals surface area contributed by atoms with Gasteiger partial charge in [-0.3, -0.25) is 9.69 Å². The minimum absolute atomic E-state index is 0.0945. The summed E-state index contributed by atoms with van der Waals surface area (Å²) < 4.78 is 12.1. The number of nitrogens with zero attached hydrogens (tertiary/aromatic N) is 1. The minimum atomic E-state index is 0.0945. The average Bonchev–Trinajstić information content (AvgIpc) is 2.46. The molecule has 0 spiro atoms. The van der Waals surface area contributed by atoms with Crippen LogP contribution in [0, 0.1) is 0 Å². The lowest BCUT2D eigenvalue weighted by Crippen LogP contribution is -2.44. The van der Waals surface area contributed by atoms with Crippen molar-refractivity contribution in [2.45, 2.75) is 13.0 Å². The fourth-order valence-corrected chi connectivity index (χ4v) is 2.40. The van der Waals surface area contributed by atoms with E-state index in [0.717, 1.165) is 37.0 Å². The molecule has 0 aromatic heterocycles. The van der Waals surface area contributed by atoms with Crippen molar-refractivity contribution in [1.82, 2.24) is 4.90 Å². The van der Waals surface area contributed by atoms with E-state index >= 15 is 0 Å². The molecule has 0 amide bonds. The van der Waals surface area contributed by atoms with Crippen LogP contribution in [0.25, 0.3) is 0 Å². The zero-order valence-electron chi connectivity index (χ0n) is 11.0. The van der Waals surface area contributed by atoms with Crippen LogP contribution in [0.1, 0.15) is 17.3 Å². The molecule has 0 aliphatic carbocycles. The summed E-state index contributed by atoms with van der Waals surface area (Å²) >= 11 is 3.32. The van der Waals surface area contributed by atoms with Crippen LogP contribution in [-0.2, 0) is 4.74 Å². The summed E-state index contributed by atoms with van der Waals surface area (Å²) in [5.41, 5.74) is 0.595. The lowest BCUT2D eigenvalue weighted by Gasteiger charge is -2.31. The van der Waals surface area contributed by atoms with E-state index in [-0.39, 0.29) is 6.10 Å². The van der Waals surface area contributed by atoms with E-state index in [9.17, 15) is 4.79 Å². The van der Waals surface area contributed by atoms with Crippen molar-refractivity contribution in [2.24, 2.45) is 0 Å². The van der Waals surface area contributed by atoms with Gasteiger partial charge in [0.2, 0.25) is 0 Å². The number of hydrogen-bond donors (Lipinski definition) is 0. The van der Waals surface area contributed by atoms with Gasteiger partial charge < -0.3 is 9.47 Å². The SMILES string of the molecule is CCN1CCOC(COc2ccc(Br)c(C=O)c2)C1. The van der Waals surface area contributed by atoms with Gasteiger partial charge in [0.05, 0.1) is 6.61 Å². The molecule has 1 fully saturated rings. The summed E-state index contributed by atoms with van der Waals surface area (Å²) in [5.74, 6) is 0.697. The zero-order chi connectivity index (χ0) is 13.7. The Hall–Kier alpha value is -0.910.